The summed E-state index contributed by atoms with van der Waals surface area (Å²) in [6, 6.07) is 24.5. The van der Waals surface area contributed by atoms with Gasteiger partial charge in [-0.05, 0) is 58.3 Å². The second kappa shape index (κ2) is 8.67. The van der Waals surface area contributed by atoms with Crippen LogP contribution in [0.5, 0.6) is 0 Å². The first-order valence-corrected chi connectivity index (χ1v) is 10.9. The van der Waals surface area contributed by atoms with Gasteiger partial charge in [-0.2, -0.15) is 0 Å². The fourth-order valence-electron chi connectivity index (χ4n) is 3.93. The quantitative estimate of drug-likeness (QED) is 0.382. The Bertz CT molecular complexity index is 1440. The molecule has 8 nitrogen and oxygen atoms in total. The summed E-state index contributed by atoms with van der Waals surface area (Å²) in [5.74, 6) is 0. The van der Waals surface area contributed by atoms with E-state index < -0.39 is 0 Å². The average molecular weight is 445 g/mol. The van der Waals surface area contributed by atoms with E-state index in [4.69, 9.17) is 0 Å². The molecular formula is C26H20N8. The molecule has 0 bridgehead atoms. The molecule has 0 aliphatic heterocycles. The number of pyridine rings is 2. The lowest BCUT2D eigenvalue weighted by molar-refractivity contribution is 0.649. The van der Waals surface area contributed by atoms with Crippen LogP contribution in [0, 0.1) is 0 Å². The van der Waals surface area contributed by atoms with Crippen molar-refractivity contribution in [1.82, 2.24) is 40.0 Å². The van der Waals surface area contributed by atoms with Crippen LogP contribution in [0.1, 0.15) is 11.1 Å². The van der Waals surface area contributed by atoms with Gasteiger partial charge in [-0.15, -0.1) is 10.2 Å². The van der Waals surface area contributed by atoms with E-state index in [1.54, 1.807) is 12.4 Å². The number of benzene rings is 2. The number of fused-ring (bicyclic) bond motifs is 1. The van der Waals surface area contributed by atoms with Gasteiger partial charge in [0.25, 0.3) is 0 Å². The van der Waals surface area contributed by atoms with Gasteiger partial charge in [-0.3, -0.25) is 9.97 Å². The van der Waals surface area contributed by atoms with Gasteiger partial charge in [0.2, 0.25) is 0 Å². The number of aromatic nitrogens is 8. The topological polar surface area (TPSA) is 87.2 Å². The molecule has 0 saturated carbocycles. The van der Waals surface area contributed by atoms with Crippen molar-refractivity contribution >= 4 is 10.8 Å². The highest BCUT2D eigenvalue weighted by Crippen LogP contribution is 2.20. The second-order valence-corrected chi connectivity index (χ2v) is 8.05. The zero-order valence-electron chi connectivity index (χ0n) is 18.2. The molecule has 0 amide bonds. The van der Waals surface area contributed by atoms with Crippen molar-refractivity contribution in [2.75, 3.05) is 0 Å². The number of nitrogens with zero attached hydrogens (tertiary/aromatic N) is 8. The van der Waals surface area contributed by atoms with Gasteiger partial charge in [0.1, 0.15) is 11.4 Å². The first-order chi connectivity index (χ1) is 16.8. The van der Waals surface area contributed by atoms with Crippen LogP contribution < -0.4 is 0 Å². The molecule has 6 rings (SSSR count). The lowest BCUT2D eigenvalue weighted by Crippen LogP contribution is -2.01. The molecule has 0 aliphatic rings. The molecule has 0 aliphatic carbocycles. The maximum absolute atomic E-state index is 4.34. The van der Waals surface area contributed by atoms with E-state index in [-0.39, 0.29) is 0 Å². The summed E-state index contributed by atoms with van der Waals surface area (Å²) in [5, 5.41) is 19.4. The fourth-order valence-corrected chi connectivity index (χ4v) is 3.93. The van der Waals surface area contributed by atoms with Gasteiger partial charge in [-0.25, -0.2) is 9.36 Å². The van der Waals surface area contributed by atoms with Crippen LogP contribution in [0.2, 0.25) is 0 Å². The van der Waals surface area contributed by atoms with Crippen LogP contribution in [-0.4, -0.2) is 40.0 Å². The summed E-state index contributed by atoms with van der Waals surface area (Å²) in [6.07, 6.45) is 7.36. The highest BCUT2D eigenvalue weighted by molar-refractivity contribution is 5.83. The number of hydrogen-bond acceptors (Lipinski definition) is 6. The summed E-state index contributed by atoms with van der Waals surface area (Å²) < 4.78 is 3.67. The summed E-state index contributed by atoms with van der Waals surface area (Å²) in [4.78, 5) is 8.68. The Morgan fingerprint density at radius 3 is 1.53 bits per heavy atom. The Morgan fingerprint density at radius 2 is 1.06 bits per heavy atom. The SMILES string of the molecule is c1ccc(-c2cn(Cc3ccc4ccc(Cn5cc(-c6ccccn6)nn5)cc4c3)nn2)nc1. The van der Waals surface area contributed by atoms with Crippen LogP contribution in [0.25, 0.3) is 33.5 Å². The molecule has 0 fully saturated rings. The highest BCUT2D eigenvalue weighted by Gasteiger charge is 2.08. The van der Waals surface area contributed by atoms with Gasteiger partial charge in [0, 0.05) is 12.4 Å². The molecule has 0 unspecified atom stereocenters. The molecule has 0 N–H and O–H groups in total. The molecule has 4 aromatic heterocycles. The summed E-state index contributed by atoms with van der Waals surface area (Å²) in [7, 11) is 0. The monoisotopic (exact) mass is 444 g/mol. The Morgan fingerprint density at radius 1 is 0.529 bits per heavy atom. The van der Waals surface area contributed by atoms with Crippen LogP contribution in [0.4, 0.5) is 0 Å². The maximum Gasteiger partial charge on any atom is 0.131 e. The van der Waals surface area contributed by atoms with Crippen molar-refractivity contribution in [1.29, 1.82) is 0 Å². The van der Waals surface area contributed by atoms with E-state index in [9.17, 15) is 0 Å². The van der Waals surface area contributed by atoms with E-state index >= 15 is 0 Å². The fraction of sp³-hybridized carbons (Fsp3) is 0.0769. The lowest BCUT2D eigenvalue weighted by atomic mass is 10.0. The molecule has 0 saturated heterocycles. The van der Waals surface area contributed by atoms with E-state index in [0.29, 0.717) is 13.1 Å². The molecule has 0 spiro atoms. The molecular weight excluding hydrogens is 424 g/mol. The Balaban J connectivity index is 1.21. The van der Waals surface area contributed by atoms with Gasteiger partial charge >= 0.3 is 0 Å². The van der Waals surface area contributed by atoms with Gasteiger partial charge in [0.05, 0.1) is 36.9 Å². The third kappa shape index (κ3) is 4.16. The minimum atomic E-state index is 0.635. The predicted molar refractivity (Wildman–Crippen MR) is 129 cm³/mol. The zero-order chi connectivity index (χ0) is 22.7. The van der Waals surface area contributed by atoms with Crippen molar-refractivity contribution in [3.05, 3.63) is 109 Å². The number of rotatable bonds is 6. The molecule has 8 heteroatoms. The molecule has 6 aromatic rings. The normalized spacial score (nSPS) is 11.2. The summed E-state index contributed by atoms with van der Waals surface area (Å²) in [6.45, 7) is 1.27. The standard InChI is InChI=1S/C26H20N8/c1-3-11-27-23(5-1)25-17-33(31-29-25)15-19-7-9-21-10-8-20(14-22(21)13-19)16-34-18-26(30-32-34)24-6-2-4-12-28-24/h1-14,17-18H,15-16H2. The van der Waals surface area contributed by atoms with E-state index in [0.717, 1.165) is 33.9 Å². The van der Waals surface area contributed by atoms with Crippen molar-refractivity contribution in [2.45, 2.75) is 13.1 Å². The van der Waals surface area contributed by atoms with Gasteiger partial charge in [0.15, 0.2) is 0 Å². The van der Waals surface area contributed by atoms with Crippen LogP contribution >= 0.6 is 0 Å². The zero-order valence-corrected chi connectivity index (χ0v) is 18.2. The van der Waals surface area contributed by atoms with Crippen molar-refractivity contribution in [3.8, 4) is 22.8 Å². The minimum Gasteiger partial charge on any atom is -0.254 e. The van der Waals surface area contributed by atoms with Crippen molar-refractivity contribution < 1.29 is 0 Å². The second-order valence-electron chi connectivity index (χ2n) is 8.05. The Hall–Kier alpha value is -4.72. The molecule has 0 atom stereocenters. The third-order valence-corrected chi connectivity index (χ3v) is 5.59. The predicted octanol–water partition coefficient (Wildman–Crippen LogP) is 4.24. The van der Waals surface area contributed by atoms with Crippen molar-refractivity contribution in [2.24, 2.45) is 0 Å². The molecule has 0 radical (unpaired) electrons. The smallest absolute Gasteiger partial charge is 0.131 e. The molecule has 2 aromatic carbocycles. The average Bonchev–Trinajstić information content (AvgIpc) is 3.55. The first-order valence-electron chi connectivity index (χ1n) is 10.9. The van der Waals surface area contributed by atoms with E-state index in [1.807, 2.05) is 58.2 Å². The minimum absolute atomic E-state index is 0.635. The van der Waals surface area contributed by atoms with Crippen LogP contribution in [0.3, 0.4) is 0 Å². The Kier molecular flexibility index (Phi) is 5.08. The van der Waals surface area contributed by atoms with Crippen molar-refractivity contribution in [3.63, 3.8) is 0 Å². The largest absolute Gasteiger partial charge is 0.254 e. The van der Waals surface area contributed by atoms with Crippen LogP contribution in [-0.2, 0) is 13.1 Å². The molecule has 34 heavy (non-hydrogen) atoms. The Labute approximate surface area is 195 Å². The lowest BCUT2D eigenvalue weighted by Gasteiger charge is -2.07. The van der Waals surface area contributed by atoms with E-state index in [2.05, 4.69) is 67.0 Å². The first kappa shape index (κ1) is 19.9. The maximum atomic E-state index is 4.34. The summed E-state index contributed by atoms with van der Waals surface area (Å²) >= 11 is 0. The van der Waals surface area contributed by atoms with E-state index in [1.165, 1.54) is 10.8 Å². The van der Waals surface area contributed by atoms with Gasteiger partial charge in [-0.1, -0.05) is 46.8 Å². The van der Waals surface area contributed by atoms with Crippen LogP contribution in [0.15, 0.2) is 97.6 Å². The third-order valence-electron chi connectivity index (χ3n) is 5.59. The number of hydrogen-bond donors (Lipinski definition) is 0. The molecule has 4 heterocycles. The highest BCUT2D eigenvalue weighted by atomic mass is 15.4. The van der Waals surface area contributed by atoms with Gasteiger partial charge < -0.3 is 0 Å². The molecule has 164 valence electrons. The summed E-state index contributed by atoms with van der Waals surface area (Å²) in [5.41, 5.74) is 5.47.